The van der Waals surface area contributed by atoms with Crippen molar-refractivity contribution in [3.05, 3.63) is 11.6 Å². The lowest BCUT2D eigenvalue weighted by Crippen LogP contribution is -2.41. The third-order valence-corrected chi connectivity index (χ3v) is 16.3. The number of rotatable bonds is 0. The molecular weight excluding hydrogens is 242 g/mol. The van der Waals surface area contributed by atoms with E-state index in [9.17, 15) is 0 Å². The standard InChI is InChI=1S/C15H26P2/c1-10-8-11-9-16-15(10,14(5,6)7)17(16)12(11)13(2,3)4/h8,11-12H,9H2,1-7H3. The topological polar surface area (TPSA) is 0 Å². The molecule has 4 heterocycles. The molecule has 5 unspecified atom stereocenters. The van der Waals surface area contributed by atoms with Crippen molar-refractivity contribution in [3.63, 3.8) is 0 Å². The molecule has 0 aromatic rings. The zero-order valence-corrected chi connectivity index (χ0v) is 14.1. The smallest absolute Gasteiger partial charge is 0.0440 e. The Balaban J connectivity index is 2.08. The summed E-state index contributed by atoms with van der Waals surface area (Å²) in [4.78, 5) is 0.685. The van der Waals surface area contributed by atoms with Gasteiger partial charge in [0.25, 0.3) is 0 Å². The first-order valence-corrected chi connectivity index (χ1v) is 10.5. The molecule has 0 spiro atoms. The second-order valence-corrected chi connectivity index (χ2v) is 15.0. The van der Waals surface area contributed by atoms with Crippen LogP contribution in [-0.2, 0) is 0 Å². The molecule has 0 N–H and O–H groups in total. The van der Waals surface area contributed by atoms with Crippen molar-refractivity contribution >= 4 is 15.2 Å². The van der Waals surface area contributed by atoms with Crippen molar-refractivity contribution in [2.24, 2.45) is 16.7 Å². The van der Waals surface area contributed by atoms with Crippen molar-refractivity contribution in [3.8, 4) is 0 Å². The van der Waals surface area contributed by atoms with E-state index in [0.717, 1.165) is 11.6 Å². The Hall–Kier alpha value is 0.600. The Morgan fingerprint density at radius 2 is 1.76 bits per heavy atom. The summed E-state index contributed by atoms with van der Waals surface area (Å²) in [6.07, 6.45) is 4.24. The minimum atomic E-state index is 0.321. The predicted molar refractivity (Wildman–Crippen MR) is 81.4 cm³/mol. The lowest BCUT2D eigenvalue weighted by atomic mass is 9.80. The number of allylic oxidation sites excluding steroid dienone is 2. The molecule has 0 aromatic carbocycles. The Kier molecular flexibility index (Phi) is 2.37. The first-order chi connectivity index (χ1) is 7.62. The lowest BCUT2D eigenvalue weighted by molar-refractivity contribution is 0.326. The van der Waals surface area contributed by atoms with Gasteiger partial charge in [-0.25, -0.2) is 0 Å². The van der Waals surface area contributed by atoms with E-state index in [2.05, 4.69) is 54.5 Å². The molecule has 0 saturated carbocycles. The van der Waals surface area contributed by atoms with Crippen LogP contribution in [0.2, 0.25) is 0 Å². The van der Waals surface area contributed by atoms with Gasteiger partial charge in [0.15, 0.2) is 0 Å². The van der Waals surface area contributed by atoms with E-state index in [-0.39, 0.29) is 0 Å². The van der Waals surface area contributed by atoms with Crippen LogP contribution in [0.5, 0.6) is 0 Å². The molecule has 0 radical (unpaired) electrons. The van der Waals surface area contributed by atoms with Gasteiger partial charge in [-0.05, 0) is 35.5 Å². The summed E-state index contributed by atoms with van der Waals surface area (Å²) in [7, 11) is 0.690. The lowest BCUT2D eigenvalue weighted by Gasteiger charge is -2.46. The van der Waals surface area contributed by atoms with Gasteiger partial charge in [-0.1, -0.05) is 68.4 Å². The van der Waals surface area contributed by atoms with Gasteiger partial charge in [-0.3, -0.25) is 0 Å². The third kappa shape index (κ3) is 1.33. The molecule has 4 aliphatic heterocycles. The van der Waals surface area contributed by atoms with Crippen LogP contribution in [0.15, 0.2) is 11.6 Å². The van der Waals surface area contributed by atoms with E-state index < -0.39 is 0 Å². The van der Waals surface area contributed by atoms with E-state index in [1.165, 1.54) is 0 Å². The van der Waals surface area contributed by atoms with Gasteiger partial charge in [-0.15, -0.1) is 0 Å². The van der Waals surface area contributed by atoms with E-state index in [1.807, 2.05) is 0 Å². The average Bonchev–Trinajstić information content (AvgIpc) is 2.63. The fraction of sp³-hybridized carbons (Fsp3) is 0.867. The van der Waals surface area contributed by atoms with Gasteiger partial charge in [0, 0.05) is 4.90 Å². The first kappa shape index (κ1) is 12.6. The van der Waals surface area contributed by atoms with Gasteiger partial charge in [-0.2, -0.15) is 0 Å². The molecular formula is C15H26P2. The zero-order chi connectivity index (χ0) is 12.8. The maximum absolute atomic E-state index is 2.67. The Morgan fingerprint density at radius 3 is 2.18 bits per heavy atom. The molecule has 0 aromatic heterocycles. The molecule has 2 heteroatoms. The van der Waals surface area contributed by atoms with E-state index in [4.69, 9.17) is 0 Å². The van der Waals surface area contributed by atoms with Crippen molar-refractivity contribution in [2.75, 3.05) is 6.16 Å². The highest BCUT2D eigenvalue weighted by Gasteiger charge is 2.79. The van der Waals surface area contributed by atoms with Crippen LogP contribution in [0.1, 0.15) is 48.5 Å². The summed E-state index contributed by atoms with van der Waals surface area (Å²) in [5.74, 6) is 0.941. The minimum absolute atomic E-state index is 0.321. The molecule has 4 rings (SSSR count). The molecule has 0 nitrogen and oxygen atoms in total. The molecule has 0 amide bonds. The summed E-state index contributed by atoms with van der Waals surface area (Å²) in [6, 6.07) is 0. The third-order valence-electron chi connectivity index (χ3n) is 4.93. The van der Waals surface area contributed by atoms with Gasteiger partial charge in [0.1, 0.15) is 0 Å². The van der Waals surface area contributed by atoms with E-state index in [0.29, 0.717) is 30.9 Å². The summed E-state index contributed by atoms with van der Waals surface area (Å²) in [6.45, 7) is 17.4. The molecule has 96 valence electrons. The molecule has 5 atom stereocenters. The van der Waals surface area contributed by atoms with Gasteiger partial charge in [0.2, 0.25) is 0 Å². The van der Waals surface area contributed by atoms with Crippen LogP contribution < -0.4 is 0 Å². The minimum Gasteiger partial charge on any atom is -0.0801 e. The van der Waals surface area contributed by atoms with E-state index >= 15 is 0 Å². The largest absolute Gasteiger partial charge is 0.0801 e. The highest BCUT2D eigenvalue weighted by molar-refractivity contribution is 8.48. The molecule has 4 bridgehead atoms. The SMILES string of the molecule is CC1=CC2CP3P(C2C(C)(C)C)C13C(C)(C)C. The van der Waals surface area contributed by atoms with Crippen LogP contribution in [0.4, 0.5) is 0 Å². The highest BCUT2D eigenvalue weighted by Crippen LogP contribution is 3.13. The van der Waals surface area contributed by atoms with Crippen LogP contribution in [0, 0.1) is 16.7 Å². The van der Waals surface area contributed by atoms with Gasteiger partial charge in [0.05, 0.1) is 0 Å². The summed E-state index contributed by atoms with van der Waals surface area (Å²) < 4.78 is 0. The normalized spacial score (nSPS) is 48.1. The Labute approximate surface area is 109 Å². The highest BCUT2D eigenvalue weighted by atomic mass is 32.1. The van der Waals surface area contributed by atoms with Crippen molar-refractivity contribution < 1.29 is 0 Å². The molecule has 2 saturated heterocycles. The second kappa shape index (κ2) is 3.19. The monoisotopic (exact) mass is 268 g/mol. The maximum atomic E-state index is 2.67. The summed E-state index contributed by atoms with van der Waals surface area (Å²) in [5.41, 5.74) is 3.82. The van der Waals surface area contributed by atoms with Crippen LogP contribution in [0.3, 0.4) is 0 Å². The van der Waals surface area contributed by atoms with Gasteiger partial charge < -0.3 is 0 Å². The number of hydrogen-bond donors (Lipinski definition) is 0. The van der Waals surface area contributed by atoms with E-state index in [1.54, 1.807) is 11.7 Å². The molecule has 17 heavy (non-hydrogen) atoms. The zero-order valence-electron chi connectivity index (χ0n) is 12.3. The van der Waals surface area contributed by atoms with Crippen LogP contribution in [0.25, 0.3) is 0 Å². The second-order valence-electron chi connectivity index (χ2n) is 8.17. The van der Waals surface area contributed by atoms with Crippen molar-refractivity contribution in [1.82, 2.24) is 0 Å². The van der Waals surface area contributed by atoms with Crippen molar-refractivity contribution in [1.29, 1.82) is 0 Å². The average molecular weight is 268 g/mol. The Bertz CT molecular complexity index is 396. The van der Waals surface area contributed by atoms with Crippen LogP contribution >= 0.6 is 15.2 Å². The molecule has 0 aliphatic carbocycles. The predicted octanol–water partition coefficient (Wildman–Crippen LogP) is 5.63. The quantitative estimate of drug-likeness (QED) is 0.395. The fourth-order valence-corrected chi connectivity index (χ4v) is 20.5. The van der Waals surface area contributed by atoms with Crippen molar-refractivity contribution in [2.45, 2.75) is 59.0 Å². The van der Waals surface area contributed by atoms with Crippen LogP contribution in [-0.4, -0.2) is 16.7 Å². The number of hydrogen-bond acceptors (Lipinski definition) is 0. The first-order valence-electron chi connectivity index (χ1n) is 6.87. The van der Waals surface area contributed by atoms with Gasteiger partial charge >= 0.3 is 0 Å². The molecule has 2 fully saturated rings. The summed E-state index contributed by atoms with van der Waals surface area (Å²) in [5, 5.41) is 0. The molecule has 4 aliphatic rings. The maximum Gasteiger partial charge on any atom is 0.0440 e. The fourth-order valence-electron chi connectivity index (χ4n) is 4.63. The summed E-state index contributed by atoms with van der Waals surface area (Å²) >= 11 is 0. The Morgan fingerprint density at radius 1 is 1.18 bits per heavy atom.